The monoisotopic (exact) mass is 339 g/mol. The molecule has 23 heavy (non-hydrogen) atoms. The Bertz CT molecular complexity index is 564. The van der Waals surface area contributed by atoms with E-state index in [1.807, 2.05) is 20.0 Å². The molecule has 0 saturated carbocycles. The molecule has 4 nitrogen and oxygen atoms in total. The third-order valence-electron chi connectivity index (χ3n) is 3.11. The van der Waals surface area contributed by atoms with Crippen LogP contribution >= 0.6 is 0 Å². The summed E-state index contributed by atoms with van der Waals surface area (Å²) in [5.41, 5.74) is 1.01. The molecule has 0 radical (unpaired) electrons. The Kier molecular flexibility index (Phi) is 10.5. The zero-order valence-electron chi connectivity index (χ0n) is 14.6. The predicted molar refractivity (Wildman–Crippen MR) is 97.1 cm³/mol. The molecule has 1 N–H and O–H groups in total. The van der Waals surface area contributed by atoms with Crippen molar-refractivity contribution in [1.29, 1.82) is 0 Å². The number of hydrogen-bond acceptors (Lipinski definition) is 4. The molecule has 0 bridgehead atoms. The van der Waals surface area contributed by atoms with Gasteiger partial charge in [0.2, 0.25) is 0 Å². The fourth-order valence-electron chi connectivity index (χ4n) is 1.62. The van der Waals surface area contributed by atoms with E-state index in [-0.39, 0.29) is 11.0 Å². The number of benzene rings is 1. The molecule has 2 atom stereocenters. The van der Waals surface area contributed by atoms with Gasteiger partial charge in [0.25, 0.3) is 10.1 Å². The van der Waals surface area contributed by atoms with E-state index in [1.165, 1.54) is 0 Å². The Morgan fingerprint density at radius 1 is 1.13 bits per heavy atom. The van der Waals surface area contributed by atoms with Crippen molar-refractivity contribution in [2.75, 3.05) is 7.05 Å². The standard InChI is InChI=1S/C12H16O3S.C6H13N/c1-4-5-11(3)15-16(13,14)12-8-6-10(2)7-9-12;1-4-5-6(2)7-3/h4,6-9,11H,1,5H2,2-3H3;4,6-7H,1,5H2,2-3H3. The summed E-state index contributed by atoms with van der Waals surface area (Å²) in [5.74, 6) is 0. The normalized spacial score (nSPS) is 13.4. The lowest BCUT2D eigenvalue weighted by atomic mass is 10.2. The van der Waals surface area contributed by atoms with Crippen LogP contribution in [0.4, 0.5) is 0 Å². The number of aryl methyl sites for hydroxylation is 1. The van der Waals surface area contributed by atoms with E-state index in [1.54, 1.807) is 37.3 Å². The Labute approximate surface area is 141 Å². The molecule has 0 aliphatic rings. The quantitative estimate of drug-likeness (QED) is 0.577. The van der Waals surface area contributed by atoms with Crippen LogP contribution in [0.2, 0.25) is 0 Å². The van der Waals surface area contributed by atoms with Crippen LogP contribution in [0.25, 0.3) is 0 Å². The number of nitrogens with one attached hydrogen (secondary N) is 1. The van der Waals surface area contributed by atoms with E-state index in [9.17, 15) is 8.42 Å². The maximum absolute atomic E-state index is 11.8. The summed E-state index contributed by atoms with van der Waals surface area (Å²) in [6.45, 7) is 12.9. The van der Waals surface area contributed by atoms with Gasteiger partial charge >= 0.3 is 0 Å². The molecule has 130 valence electrons. The highest BCUT2D eigenvalue weighted by Crippen LogP contribution is 2.16. The lowest BCUT2D eigenvalue weighted by Crippen LogP contribution is -2.19. The maximum Gasteiger partial charge on any atom is 0.297 e. The van der Waals surface area contributed by atoms with Gasteiger partial charge in [-0.25, -0.2) is 0 Å². The van der Waals surface area contributed by atoms with Gasteiger partial charge in [-0.1, -0.05) is 29.8 Å². The summed E-state index contributed by atoms with van der Waals surface area (Å²) < 4.78 is 28.5. The first kappa shape index (κ1) is 21.6. The molecular formula is C18H29NO3S. The summed E-state index contributed by atoms with van der Waals surface area (Å²) in [6, 6.07) is 7.16. The van der Waals surface area contributed by atoms with Crippen molar-refractivity contribution in [3.63, 3.8) is 0 Å². The lowest BCUT2D eigenvalue weighted by molar-refractivity contribution is 0.232. The van der Waals surface area contributed by atoms with Gasteiger partial charge in [-0.3, -0.25) is 4.18 Å². The summed E-state index contributed by atoms with van der Waals surface area (Å²) in [5, 5.41) is 3.09. The molecule has 0 saturated heterocycles. The topological polar surface area (TPSA) is 55.4 Å². The third-order valence-corrected chi connectivity index (χ3v) is 4.54. The average Bonchev–Trinajstić information content (AvgIpc) is 2.48. The Morgan fingerprint density at radius 2 is 1.65 bits per heavy atom. The van der Waals surface area contributed by atoms with E-state index >= 15 is 0 Å². The van der Waals surface area contributed by atoms with E-state index in [0.717, 1.165) is 12.0 Å². The lowest BCUT2D eigenvalue weighted by Gasteiger charge is -2.11. The number of hydrogen-bond donors (Lipinski definition) is 1. The predicted octanol–water partition coefficient (Wildman–Crippen LogP) is 3.84. The molecule has 5 heteroatoms. The van der Waals surface area contributed by atoms with Gasteiger partial charge in [0.05, 0.1) is 11.0 Å². The minimum Gasteiger partial charge on any atom is -0.317 e. The van der Waals surface area contributed by atoms with Gasteiger partial charge in [-0.15, -0.1) is 13.2 Å². The van der Waals surface area contributed by atoms with Crippen molar-refractivity contribution in [2.24, 2.45) is 0 Å². The molecule has 0 aromatic heterocycles. The summed E-state index contributed by atoms with van der Waals surface area (Å²) in [4.78, 5) is 0.189. The van der Waals surface area contributed by atoms with Crippen molar-refractivity contribution in [3.8, 4) is 0 Å². The maximum atomic E-state index is 11.8. The summed E-state index contributed by atoms with van der Waals surface area (Å²) >= 11 is 0. The number of rotatable bonds is 8. The second-order valence-corrected chi connectivity index (χ2v) is 6.98. The average molecular weight is 340 g/mol. The first-order valence-electron chi connectivity index (χ1n) is 7.65. The van der Waals surface area contributed by atoms with Crippen LogP contribution in [0, 0.1) is 6.92 Å². The molecule has 0 fully saturated rings. The van der Waals surface area contributed by atoms with Crippen LogP contribution in [0.1, 0.15) is 32.3 Å². The molecule has 1 aromatic rings. The minimum absolute atomic E-state index is 0.189. The van der Waals surface area contributed by atoms with Crippen molar-refractivity contribution >= 4 is 10.1 Å². The molecule has 0 spiro atoms. The van der Waals surface area contributed by atoms with Crippen LogP contribution in [0.3, 0.4) is 0 Å². The molecule has 1 rings (SSSR count). The van der Waals surface area contributed by atoms with Crippen molar-refractivity contribution in [2.45, 2.75) is 50.7 Å². The Hall–Kier alpha value is -1.43. The highest BCUT2D eigenvalue weighted by atomic mass is 32.2. The molecule has 0 amide bonds. The molecule has 1 aromatic carbocycles. The Balaban J connectivity index is 0.000000585. The Morgan fingerprint density at radius 3 is 2.04 bits per heavy atom. The van der Waals surface area contributed by atoms with Gasteiger partial charge in [0.1, 0.15) is 0 Å². The second-order valence-electron chi connectivity index (χ2n) is 5.41. The fourth-order valence-corrected chi connectivity index (χ4v) is 2.71. The largest absolute Gasteiger partial charge is 0.317 e. The van der Waals surface area contributed by atoms with Gasteiger partial charge < -0.3 is 5.32 Å². The highest BCUT2D eigenvalue weighted by molar-refractivity contribution is 7.86. The summed E-state index contributed by atoms with van der Waals surface area (Å²) in [7, 11) is -1.69. The van der Waals surface area contributed by atoms with Gasteiger partial charge in [-0.2, -0.15) is 8.42 Å². The zero-order chi connectivity index (χ0) is 17.9. The van der Waals surface area contributed by atoms with Crippen LogP contribution < -0.4 is 5.32 Å². The molecule has 2 unspecified atom stereocenters. The van der Waals surface area contributed by atoms with Crippen molar-refractivity contribution in [3.05, 3.63) is 55.1 Å². The molecule has 0 heterocycles. The van der Waals surface area contributed by atoms with Crippen molar-refractivity contribution in [1.82, 2.24) is 5.32 Å². The molecule has 0 aliphatic carbocycles. The summed E-state index contributed by atoms with van der Waals surface area (Å²) in [6.07, 6.45) is 4.72. The molecular weight excluding hydrogens is 310 g/mol. The first-order chi connectivity index (χ1) is 10.8. The van der Waals surface area contributed by atoms with E-state index < -0.39 is 10.1 Å². The first-order valence-corrected chi connectivity index (χ1v) is 9.06. The van der Waals surface area contributed by atoms with Gasteiger partial charge in [0.15, 0.2) is 0 Å². The highest BCUT2D eigenvalue weighted by Gasteiger charge is 2.17. The van der Waals surface area contributed by atoms with Gasteiger partial charge in [0, 0.05) is 6.04 Å². The second kappa shape index (κ2) is 11.2. The molecule has 0 aliphatic heterocycles. The fraction of sp³-hybridized carbons (Fsp3) is 0.444. The van der Waals surface area contributed by atoms with Crippen molar-refractivity contribution < 1.29 is 12.6 Å². The third kappa shape index (κ3) is 9.33. The van der Waals surface area contributed by atoms with Crippen LogP contribution in [0.15, 0.2) is 54.5 Å². The van der Waals surface area contributed by atoms with E-state index in [2.05, 4.69) is 25.4 Å². The SMILES string of the molecule is C=CCC(C)NC.C=CCC(C)OS(=O)(=O)c1ccc(C)cc1. The smallest absolute Gasteiger partial charge is 0.297 e. The van der Waals surface area contributed by atoms with E-state index in [4.69, 9.17) is 4.18 Å². The van der Waals surface area contributed by atoms with Gasteiger partial charge in [-0.05, 0) is 52.8 Å². The van der Waals surface area contributed by atoms with Crippen LogP contribution in [-0.2, 0) is 14.3 Å². The minimum atomic E-state index is -3.65. The van der Waals surface area contributed by atoms with Crippen LogP contribution in [0.5, 0.6) is 0 Å². The van der Waals surface area contributed by atoms with E-state index in [0.29, 0.717) is 12.5 Å². The zero-order valence-corrected chi connectivity index (χ0v) is 15.4. The van der Waals surface area contributed by atoms with Crippen LogP contribution in [-0.4, -0.2) is 27.6 Å².